The van der Waals surface area contributed by atoms with Gasteiger partial charge in [-0.05, 0) is 18.6 Å². The molecule has 2 amide bonds. The predicted molar refractivity (Wildman–Crippen MR) is 107 cm³/mol. The molecule has 1 heterocycles. The quantitative estimate of drug-likeness (QED) is 0.356. The second kappa shape index (κ2) is 10.5. The summed E-state index contributed by atoms with van der Waals surface area (Å²) in [5.74, 6) is -2.00. The number of amides is 2. The topological polar surface area (TPSA) is 139 Å². The summed E-state index contributed by atoms with van der Waals surface area (Å²) >= 11 is 0. The number of carboxylic acids is 1. The third kappa shape index (κ3) is 8.13. The lowest BCUT2D eigenvalue weighted by Crippen LogP contribution is -2.46. The van der Waals surface area contributed by atoms with Crippen LogP contribution in [0.1, 0.15) is 19.3 Å². The molecule has 0 saturated carbocycles. The smallest absolute Gasteiger partial charge is 0.326 e. The number of nitrogens with one attached hydrogen (secondary N) is 1. The maximum absolute atomic E-state index is 14.9. The number of carbonyl (C=O) groups is 3. The van der Waals surface area contributed by atoms with Crippen LogP contribution in [-0.2, 0) is 28.7 Å². The first-order valence-electron chi connectivity index (χ1n) is 9.49. The first-order chi connectivity index (χ1) is 14.5. The van der Waals surface area contributed by atoms with Crippen LogP contribution in [0.15, 0.2) is 30.3 Å². The van der Waals surface area contributed by atoms with E-state index in [1.807, 2.05) is 18.2 Å². The summed E-state index contributed by atoms with van der Waals surface area (Å²) in [6.07, 6.45) is 0.599. The van der Waals surface area contributed by atoms with E-state index in [2.05, 4.69) is 9.50 Å². The number of hydrogen-bond acceptors (Lipinski definition) is 7. The van der Waals surface area contributed by atoms with E-state index in [0.717, 1.165) is 11.2 Å². The SMILES string of the molecule is CS(=O)(=O)OCC1(F)CC(C(=O)O)N(C(=O)CNC(=O)CCCOc2ccccc2)C1. The zero-order chi connectivity index (χ0) is 23.1. The van der Waals surface area contributed by atoms with Crippen LogP contribution >= 0.6 is 0 Å². The zero-order valence-electron chi connectivity index (χ0n) is 17.0. The molecule has 2 N–H and O–H groups in total. The summed E-state index contributed by atoms with van der Waals surface area (Å²) in [5, 5.41) is 11.7. The van der Waals surface area contributed by atoms with E-state index in [1.54, 1.807) is 12.1 Å². The van der Waals surface area contributed by atoms with Gasteiger partial charge in [-0.1, -0.05) is 18.2 Å². The van der Waals surface area contributed by atoms with Crippen LogP contribution in [-0.4, -0.2) is 80.5 Å². The zero-order valence-corrected chi connectivity index (χ0v) is 17.8. The van der Waals surface area contributed by atoms with Gasteiger partial charge in [-0.3, -0.25) is 13.8 Å². The van der Waals surface area contributed by atoms with Crippen molar-refractivity contribution in [3.05, 3.63) is 30.3 Å². The molecule has 2 unspecified atom stereocenters. The van der Waals surface area contributed by atoms with Crippen molar-refractivity contribution in [1.82, 2.24) is 10.2 Å². The summed E-state index contributed by atoms with van der Waals surface area (Å²) in [4.78, 5) is 36.5. The van der Waals surface area contributed by atoms with Crippen molar-refractivity contribution < 1.29 is 41.2 Å². The number of para-hydroxylation sites is 1. The summed E-state index contributed by atoms with van der Waals surface area (Å²) in [6, 6.07) is 7.54. The van der Waals surface area contributed by atoms with Crippen molar-refractivity contribution in [1.29, 1.82) is 0 Å². The lowest BCUT2D eigenvalue weighted by Gasteiger charge is -2.22. The molecule has 12 heteroatoms. The monoisotopic (exact) mass is 460 g/mol. The van der Waals surface area contributed by atoms with Crippen LogP contribution in [0.3, 0.4) is 0 Å². The number of alkyl halides is 1. The number of halogens is 1. The number of nitrogens with zero attached hydrogens (tertiary/aromatic N) is 1. The van der Waals surface area contributed by atoms with Gasteiger partial charge < -0.3 is 20.1 Å². The fourth-order valence-electron chi connectivity index (χ4n) is 3.04. The summed E-state index contributed by atoms with van der Waals surface area (Å²) < 4.78 is 46.9. The Balaban J connectivity index is 1.79. The fourth-order valence-corrected chi connectivity index (χ4v) is 3.47. The highest BCUT2D eigenvalue weighted by molar-refractivity contribution is 7.85. The first-order valence-corrected chi connectivity index (χ1v) is 11.3. The van der Waals surface area contributed by atoms with Crippen LogP contribution in [0.25, 0.3) is 0 Å². The lowest BCUT2D eigenvalue weighted by atomic mass is 10.0. The number of benzene rings is 1. The molecule has 1 saturated heterocycles. The van der Waals surface area contributed by atoms with Crippen LogP contribution in [0.4, 0.5) is 4.39 Å². The molecule has 1 fully saturated rings. The normalized spacial score (nSPS) is 21.0. The standard InChI is InChI=1S/C19H25FN2O8S/c1-31(27,28)30-13-19(20)10-15(18(25)26)22(12-19)17(24)11-21-16(23)8-5-9-29-14-6-3-2-4-7-14/h2-4,6-7,15H,5,8-13H2,1H3,(H,21,23)(H,25,26). The maximum Gasteiger partial charge on any atom is 0.326 e. The molecule has 2 rings (SSSR count). The summed E-state index contributed by atoms with van der Waals surface area (Å²) in [5.41, 5.74) is -2.33. The van der Waals surface area contributed by atoms with Gasteiger partial charge >= 0.3 is 5.97 Å². The van der Waals surface area contributed by atoms with Gasteiger partial charge in [0.2, 0.25) is 11.8 Å². The van der Waals surface area contributed by atoms with Gasteiger partial charge in [0.25, 0.3) is 10.1 Å². The highest BCUT2D eigenvalue weighted by Crippen LogP contribution is 2.31. The van der Waals surface area contributed by atoms with Gasteiger partial charge in [0.15, 0.2) is 5.67 Å². The molecule has 0 aromatic heterocycles. The molecule has 0 radical (unpaired) electrons. The minimum absolute atomic E-state index is 0.0811. The number of hydrogen-bond donors (Lipinski definition) is 2. The molecular weight excluding hydrogens is 435 g/mol. The number of rotatable bonds is 11. The minimum Gasteiger partial charge on any atom is -0.494 e. The Labute approximate surface area is 179 Å². The molecule has 172 valence electrons. The van der Waals surface area contributed by atoms with Gasteiger partial charge in [0.05, 0.1) is 26.0 Å². The number of carboxylic acid groups (broad SMARTS) is 1. The Morgan fingerprint density at radius 2 is 1.97 bits per heavy atom. The van der Waals surface area contributed by atoms with E-state index in [1.165, 1.54) is 0 Å². The second-order valence-electron chi connectivity index (χ2n) is 7.24. The predicted octanol–water partition coefficient (Wildman–Crippen LogP) is 0.332. The first kappa shape index (κ1) is 24.5. The Morgan fingerprint density at radius 3 is 2.58 bits per heavy atom. The summed E-state index contributed by atoms with van der Waals surface area (Å²) in [7, 11) is -3.93. The van der Waals surface area contributed by atoms with Gasteiger partial charge in [-0.2, -0.15) is 8.42 Å². The average molecular weight is 460 g/mol. The van der Waals surface area contributed by atoms with Gasteiger partial charge in [-0.25, -0.2) is 9.18 Å². The fraction of sp³-hybridized carbons (Fsp3) is 0.526. The van der Waals surface area contributed by atoms with E-state index in [9.17, 15) is 32.3 Å². The number of ether oxygens (including phenoxy) is 1. The Kier molecular flexibility index (Phi) is 8.34. The summed E-state index contributed by atoms with van der Waals surface area (Å²) in [6.45, 7) is -1.76. The minimum atomic E-state index is -3.93. The van der Waals surface area contributed by atoms with E-state index < -0.39 is 65.7 Å². The maximum atomic E-state index is 14.9. The van der Waals surface area contributed by atoms with Crippen molar-refractivity contribution >= 4 is 27.9 Å². The van der Waals surface area contributed by atoms with Crippen LogP contribution in [0.2, 0.25) is 0 Å². The Morgan fingerprint density at radius 1 is 1.29 bits per heavy atom. The van der Waals surface area contributed by atoms with Crippen molar-refractivity contribution in [2.24, 2.45) is 0 Å². The average Bonchev–Trinajstić information content (AvgIpc) is 3.07. The third-order valence-electron chi connectivity index (χ3n) is 4.52. The number of carbonyl (C=O) groups excluding carboxylic acids is 2. The largest absolute Gasteiger partial charge is 0.494 e. The Hall–Kier alpha value is -2.73. The number of aliphatic carboxylic acids is 1. The van der Waals surface area contributed by atoms with Crippen molar-refractivity contribution in [3.63, 3.8) is 0 Å². The van der Waals surface area contributed by atoms with Gasteiger partial charge in [0, 0.05) is 12.8 Å². The van der Waals surface area contributed by atoms with Crippen molar-refractivity contribution in [2.75, 3.05) is 32.6 Å². The van der Waals surface area contributed by atoms with Gasteiger partial charge in [-0.15, -0.1) is 0 Å². The van der Waals surface area contributed by atoms with Crippen molar-refractivity contribution in [2.45, 2.75) is 31.0 Å². The van der Waals surface area contributed by atoms with E-state index >= 15 is 0 Å². The molecule has 31 heavy (non-hydrogen) atoms. The van der Waals surface area contributed by atoms with Crippen LogP contribution < -0.4 is 10.1 Å². The molecule has 0 spiro atoms. The van der Waals surface area contributed by atoms with E-state index in [4.69, 9.17) is 4.74 Å². The van der Waals surface area contributed by atoms with E-state index in [-0.39, 0.29) is 6.42 Å². The highest BCUT2D eigenvalue weighted by Gasteiger charge is 2.50. The van der Waals surface area contributed by atoms with Crippen LogP contribution in [0, 0.1) is 0 Å². The van der Waals surface area contributed by atoms with Crippen LogP contribution in [0.5, 0.6) is 5.75 Å². The van der Waals surface area contributed by atoms with Gasteiger partial charge in [0.1, 0.15) is 18.4 Å². The van der Waals surface area contributed by atoms with E-state index in [0.29, 0.717) is 18.8 Å². The molecule has 1 aliphatic heterocycles. The highest BCUT2D eigenvalue weighted by atomic mass is 32.2. The molecule has 2 atom stereocenters. The third-order valence-corrected chi connectivity index (χ3v) is 5.07. The molecule has 10 nitrogen and oxygen atoms in total. The molecule has 1 aliphatic rings. The molecule has 1 aromatic carbocycles. The number of likely N-dealkylation sites (tertiary alicyclic amines) is 1. The Bertz CT molecular complexity index is 895. The molecule has 0 bridgehead atoms. The second-order valence-corrected chi connectivity index (χ2v) is 8.88. The molecular formula is C19H25FN2O8S. The molecule has 0 aliphatic carbocycles. The lowest BCUT2D eigenvalue weighted by molar-refractivity contribution is -0.148. The molecule has 1 aromatic rings. The van der Waals surface area contributed by atoms with Crippen molar-refractivity contribution in [3.8, 4) is 5.75 Å².